The zero-order chi connectivity index (χ0) is 15.4. The lowest BCUT2D eigenvalue weighted by molar-refractivity contribution is 0.163. The van der Waals surface area contributed by atoms with Crippen LogP contribution >= 0.6 is 12.4 Å². The molecule has 1 saturated heterocycles. The SMILES string of the molecule is CC(C)CN1CCC(c2ccccc2)(c2ccccc2)CC1.Cl. The monoisotopic (exact) mass is 329 g/mol. The molecule has 23 heavy (non-hydrogen) atoms. The molecule has 1 aliphatic rings. The van der Waals surface area contributed by atoms with Gasteiger partial charge in [-0.3, -0.25) is 0 Å². The minimum absolute atomic E-state index is 0. The van der Waals surface area contributed by atoms with Gasteiger partial charge in [-0.2, -0.15) is 0 Å². The highest BCUT2D eigenvalue weighted by Crippen LogP contribution is 2.41. The third-order valence-corrected chi connectivity index (χ3v) is 4.99. The molecule has 124 valence electrons. The second-order valence-electron chi connectivity index (χ2n) is 7.01. The third-order valence-electron chi connectivity index (χ3n) is 4.99. The van der Waals surface area contributed by atoms with E-state index in [1.807, 2.05) is 0 Å². The highest BCUT2D eigenvalue weighted by molar-refractivity contribution is 5.85. The van der Waals surface area contributed by atoms with E-state index in [2.05, 4.69) is 79.4 Å². The molecule has 0 unspecified atom stereocenters. The standard InChI is InChI=1S/C21H27N.ClH/c1-18(2)17-22-15-13-21(14-16-22,19-9-5-3-6-10-19)20-11-7-4-8-12-20;/h3-12,18H,13-17H2,1-2H3;1H. The lowest BCUT2D eigenvalue weighted by Crippen LogP contribution is -2.44. The van der Waals surface area contributed by atoms with Crippen LogP contribution in [0.4, 0.5) is 0 Å². The van der Waals surface area contributed by atoms with Crippen LogP contribution in [0.15, 0.2) is 60.7 Å². The molecule has 2 aromatic carbocycles. The molecule has 1 heterocycles. The van der Waals surface area contributed by atoms with E-state index in [0.29, 0.717) is 0 Å². The van der Waals surface area contributed by atoms with E-state index in [1.54, 1.807) is 0 Å². The Kier molecular flexibility index (Phi) is 6.26. The van der Waals surface area contributed by atoms with Crippen LogP contribution in [0.1, 0.15) is 37.8 Å². The van der Waals surface area contributed by atoms with E-state index in [-0.39, 0.29) is 17.8 Å². The molecule has 0 aromatic heterocycles. The van der Waals surface area contributed by atoms with Crippen molar-refractivity contribution in [1.82, 2.24) is 4.90 Å². The number of likely N-dealkylation sites (tertiary alicyclic amines) is 1. The Hall–Kier alpha value is -1.31. The minimum Gasteiger partial charge on any atom is -0.303 e. The van der Waals surface area contributed by atoms with Gasteiger partial charge in [-0.1, -0.05) is 74.5 Å². The summed E-state index contributed by atoms with van der Waals surface area (Å²) in [5.41, 5.74) is 3.14. The van der Waals surface area contributed by atoms with Crippen LogP contribution in [-0.2, 0) is 5.41 Å². The molecule has 3 rings (SSSR count). The summed E-state index contributed by atoms with van der Waals surface area (Å²) in [6.07, 6.45) is 2.43. The fourth-order valence-corrected chi connectivity index (χ4v) is 3.89. The quantitative estimate of drug-likeness (QED) is 0.750. The first-order chi connectivity index (χ1) is 10.7. The smallest absolute Gasteiger partial charge is 0.0227 e. The summed E-state index contributed by atoms with van der Waals surface area (Å²) in [6.45, 7) is 8.25. The van der Waals surface area contributed by atoms with Gasteiger partial charge in [0.25, 0.3) is 0 Å². The van der Waals surface area contributed by atoms with Crippen LogP contribution in [0.3, 0.4) is 0 Å². The molecule has 0 saturated carbocycles. The van der Waals surface area contributed by atoms with Crippen LogP contribution in [-0.4, -0.2) is 24.5 Å². The number of halogens is 1. The third kappa shape index (κ3) is 3.97. The topological polar surface area (TPSA) is 3.24 Å². The molecule has 2 heteroatoms. The summed E-state index contributed by atoms with van der Waals surface area (Å²) in [6, 6.07) is 22.2. The van der Waals surface area contributed by atoms with Gasteiger partial charge in [-0.25, -0.2) is 0 Å². The first-order valence-corrected chi connectivity index (χ1v) is 8.54. The zero-order valence-corrected chi connectivity index (χ0v) is 15.1. The summed E-state index contributed by atoms with van der Waals surface area (Å²) in [5.74, 6) is 0.751. The van der Waals surface area contributed by atoms with Gasteiger partial charge in [0.15, 0.2) is 0 Å². The largest absolute Gasteiger partial charge is 0.303 e. The maximum absolute atomic E-state index is 2.63. The zero-order valence-electron chi connectivity index (χ0n) is 14.2. The number of nitrogens with zero attached hydrogens (tertiary/aromatic N) is 1. The predicted octanol–water partition coefficient (Wildman–Crippen LogP) is 5.15. The summed E-state index contributed by atoms with van der Waals surface area (Å²) in [4.78, 5) is 2.63. The lowest BCUT2D eigenvalue weighted by atomic mass is 9.68. The Morgan fingerprint density at radius 3 is 1.65 bits per heavy atom. The van der Waals surface area contributed by atoms with Crippen molar-refractivity contribution in [3.05, 3.63) is 71.8 Å². The molecular weight excluding hydrogens is 302 g/mol. The molecule has 1 aliphatic heterocycles. The van der Waals surface area contributed by atoms with E-state index in [1.165, 1.54) is 43.6 Å². The van der Waals surface area contributed by atoms with Gasteiger partial charge in [0.1, 0.15) is 0 Å². The van der Waals surface area contributed by atoms with Gasteiger partial charge in [-0.15, -0.1) is 12.4 Å². The summed E-state index contributed by atoms with van der Waals surface area (Å²) < 4.78 is 0. The van der Waals surface area contributed by atoms with E-state index in [0.717, 1.165) is 5.92 Å². The first kappa shape index (κ1) is 18.0. The Bertz CT molecular complexity index is 530. The number of rotatable bonds is 4. The molecule has 0 aliphatic carbocycles. The summed E-state index contributed by atoms with van der Waals surface area (Å²) >= 11 is 0. The van der Waals surface area contributed by atoms with Crippen molar-refractivity contribution in [3.63, 3.8) is 0 Å². The molecule has 0 atom stereocenters. The van der Waals surface area contributed by atoms with Gasteiger partial charge < -0.3 is 4.90 Å². The van der Waals surface area contributed by atoms with Gasteiger partial charge in [0, 0.05) is 12.0 Å². The van der Waals surface area contributed by atoms with Gasteiger partial charge in [0.2, 0.25) is 0 Å². The molecule has 2 aromatic rings. The average molecular weight is 330 g/mol. The fraction of sp³-hybridized carbons (Fsp3) is 0.429. The predicted molar refractivity (Wildman–Crippen MR) is 101 cm³/mol. The van der Waals surface area contributed by atoms with E-state index in [9.17, 15) is 0 Å². The van der Waals surface area contributed by atoms with Crippen molar-refractivity contribution >= 4 is 12.4 Å². The van der Waals surface area contributed by atoms with Crippen molar-refractivity contribution in [2.24, 2.45) is 5.92 Å². The van der Waals surface area contributed by atoms with Crippen LogP contribution in [0.25, 0.3) is 0 Å². The highest BCUT2D eigenvalue weighted by atomic mass is 35.5. The van der Waals surface area contributed by atoms with E-state index >= 15 is 0 Å². The van der Waals surface area contributed by atoms with Crippen molar-refractivity contribution in [2.45, 2.75) is 32.1 Å². The Labute approximate surface area is 147 Å². The average Bonchev–Trinajstić information content (AvgIpc) is 2.57. The van der Waals surface area contributed by atoms with Crippen LogP contribution in [0, 0.1) is 5.92 Å². The Morgan fingerprint density at radius 1 is 0.826 bits per heavy atom. The Morgan fingerprint density at radius 2 is 1.26 bits per heavy atom. The van der Waals surface area contributed by atoms with Gasteiger partial charge in [-0.05, 0) is 43.0 Å². The molecule has 0 radical (unpaired) electrons. The molecule has 0 spiro atoms. The number of benzene rings is 2. The highest BCUT2D eigenvalue weighted by Gasteiger charge is 2.37. The van der Waals surface area contributed by atoms with Gasteiger partial charge in [0.05, 0.1) is 0 Å². The second kappa shape index (κ2) is 7.99. The van der Waals surface area contributed by atoms with Crippen molar-refractivity contribution in [2.75, 3.05) is 19.6 Å². The molecule has 0 bridgehead atoms. The summed E-state index contributed by atoms with van der Waals surface area (Å²) in [5, 5.41) is 0. The summed E-state index contributed by atoms with van der Waals surface area (Å²) in [7, 11) is 0. The van der Waals surface area contributed by atoms with E-state index < -0.39 is 0 Å². The molecule has 1 fully saturated rings. The van der Waals surface area contributed by atoms with E-state index in [4.69, 9.17) is 0 Å². The molecule has 0 amide bonds. The maximum Gasteiger partial charge on any atom is 0.0227 e. The van der Waals surface area contributed by atoms with Crippen LogP contribution in [0.2, 0.25) is 0 Å². The number of hydrogen-bond acceptors (Lipinski definition) is 1. The number of hydrogen-bond donors (Lipinski definition) is 0. The molecule has 1 nitrogen and oxygen atoms in total. The first-order valence-electron chi connectivity index (χ1n) is 8.54. The van der Waals surface area contributed by atoms with Crippen molar-refractivity contribution in [3.8, 4) is 0 Å². The molecule has 0 N–H and O–H groups in total. The second-order valence-corrected chi connectivity index (χ2v) is 7.01. The fourth-order valence-electron chi connectivity index (χ4n) is 3.89. The maximum atomic E-state index is 2.63. The minimum atomic E-state index is 0. The molecular formula is C21H28ClN. The normalized spacial score (nSPS) is 17.7. The van der Waals surface area contributed by atoms with Crippen LogP contribution in [0.5, 0.6) is 0 Å². The Balaban J connectivity index is 0.00000192. The van der Waals surface area contributed by atoms with Crippen molar-refractivity contribution in [1.29, 1.82) is 0 Å². The van der Waals surface area contributed by atoms with Crippen molar-refractivity contribution < 1.29 is 0 Å². The number of piperidine rings is 1. The van der Waals surface area contributed by atoms with Crippen LogP contribution < -0.4 is 0 Å². The van der Waals surface area contributed by atoms with Gasteiger partial charge >= 0.3 is 0 Å². The lowest BCUT2D eigenvalue weighted by Gasteiger charge is -2.43.